The third kappa shape index (κ3) is 6.67. The van der Waals surface area contributed by atoms with Crippen molar-refractivity contribution < 1.29 is 19.1 Å². The van der Waals surface area contributed by atoms with E-state index in [-0.39, 0.29) is 30.3 Å². The van der Waals surface area contributed by atoms with Crippen molar-refractivity contribution in [3.63, 3.8) is 0 Å². The molecule has 0 heterocycles. The minimum atomic E-state index is -0.852. The van der Waals surface area contributed by atoms with Crippen molar-refractivity contribution in [2.24, 2.45) is 5.92 Å². The number of carbonyl (C=O) groups is 3. The molecule has 4 rings (SSSR count). The number of alkyl carbamates (subject to hydrolysis) is 1. The van der Waals surface area contributed by atoms with Gasteiger partial charge in [-0.1, -0.05) is 67.1 Å². The first-order chi connectivity index (χ1) is 17.5. The SMILES string of the molecule is Cc1ccc(C(C(=O)Nc2ccc3ccccc3c2)N(C(=O)CNC(=O)OC(C)(C)C)C2CC2C)cc1. The molecule has 7 heteroatoms. The van der Waals surface area contributed by atoms with E-state index >= 15 is 0 Å². The zero-order chi connectivity index (χ0) is 26.7. The number of ether oxygens (including phenoxy) is 1. The van der Waals surface area contributed by atoms with E-state index in [0.29, 0.717) is 11.3 Å². The van der Waals surface area contributed by atoms with E-state index in [9.17, 15) is 14.4 Å². The molecule has 7 nitrogen and oxygen atoms in total. The predicted octanol–water partition coefficient (Wildman–Crippen LogP) is 5.59. The molecule has 3 atom stereocenters. The van der Waals surface area contributed by atoms with E-state index < -0.39 is 17.7 Å². The van der Waals surface area contributed by atoms with Gasteiger partial charge in [0.25, 0.3) is 5.91 Å². The van der Waals surface area contributed by atoms with Crippen LogP contribution >= 0.6 is 0 Å². The van der Waals surface area contributed by atoms with Gasteiger partial charge in [-0.3, -0.25) is 9.59 Å². The van der Waals surface area contributed by atoms with E-state index in [1.165, 1.54) is 0 Å². The number of nitrogens with one attached hydrogen (secondary N) is 2. The Bertz CT molecular complexity index is 1300. The number of rotatable bonds is 7. The molecule has 3 unspecified atom stereocenters. The highest BCUT2D eigenvalue weighted by Crippen LogP contribution is 2.40. The first-order valence-electron chi connectivity index (χ1n) is 12.7. The summed E-state index contributed by atoms with van der Waals surface area (Å²) in [5.41, 5.74) is 1.75. The van der Waals surface area contributed by atoms with Gasteiger partial charge in [0.15, 0.2) is 0 Å². The highest BCUT2D eigenvalue weighted by molar-refractivity contribution is 6.00. The molecule has 0 aliphatic heterocycles. The third-order valence-corrected chi connectivity index (χ3v) is 6.43. The molecule has 37 heavy (non-hydrogen) atoms. The molecule has 1 fully saturated rings. The van der Waals surface area contributed by atoms with Gasteiger partial charge in [0, 0.05) is 11.7 Å². The lowest BCUT2D eigenvalue weighted by molar-refractivity contribution is -0.139. The van der Waals surface area contributed by atoms with Crippen molar-refractivity contribution in [3.05, 3.63) is 77.9 Å². The van der Waals surface area contributed by atoms with Gasteiger partial charge in [0.2, 0.25) is 5.91 Å². The Hall–Kier alpha value is -3.87. The van der Waals surface area contributed by atoms with Crippen LogP contribution in [0.1, 0.15) is 51.3 Å². The zero-order valence-corrected chi connectivity index (χ0v) is 22.1. The number of nitrogens with zero attached hydrogens (tertiary/aromatic N) is 1. The summed E-state index contributed by atoms with van der Waals surface area (Å²) >= 11 is 0. The number of fused-ring (bicyclic) bond motifs is 1. The molecule has 0 spiro atoms. The molecule has 3 aromatic rings. The average molecular weight is 502 g/mol. The fourth-order valence-electron chi connectivity index (χ4n) is 4.43. The van der Waals surface area contributed by atoms with Gasteiger partial charge in [-0.15, -0.1) is 0 Å². The maximum absolute atomic E-state index is 13.8. The lowest BCUT2D eigenvalue weighted by Crippen LogP contribution is -2.48. The van der Waals surface area contributed by atoms with E-state index in [0.717, 1.165) is 22.8 Å². The Balaban J connectivity index is 1.62. The van der Waals surface area contributed by atoms with Gasteiger partial charge in [-0.25, -0.2) is 4.79 Å². The molecule has 1 aliphatic carbocycles. The fourth-order valence-corrected chi connectivity index (χ4v) is 4.43. The van der Waals surface area contributed by atoms with Crippen molar-refractivity contribution in [1.29, 1.82) is 0 Å². The van der Waals surface area contributed by atoms with Crippen molar-refractivity contribution in [3.8, 4) is 0 Å². The number of amides is 3. The second-order valence-corrected chi connectivity index (χ2v) is 10.8. The van der Waals surface area contributed by atoms with Crippen molar-refractivity contribution in [1.82, 2.24) is 10.2 Å². The zero-order valence-electron chi connectivity index (χ0n) is 22.1. The lowest BCUT2D eigenvalue weighted by Gasteiger charge is -2.32. The van der Waals surface area contributed by atoms with Gasteiger partial charge in [0.05, 0.1) is 0 Å². The van der Waals surface area contributed by atoms with Crippen LogP contribution < -0.4 is 10.6 Å². The topological polar surface area (TPSA) is 87.7 Å². The normalized spacial score (nSPS) is 17.5. The van der Waals surface area contributed by atoms with Gasteiger partial charge < -0.3 is 20.3 Å². The second-order valence-electron chi connectivity index (χ2n) is 10.8. The Morgan fingerprint density at radius 3 is 2.27 bits per heavy atom. The summed E-state index contributed by atoms with van der Waals surface area (Å²) in [6.07, 6.45) is 0.126. The van der Waals surface area contributed by atoms with Gasteiger partial charge in [-0.2, -0.15) is 0 Å². The largest absolute Gasteiger partial charge is 0.444 e. The number of hydrogen-bond donors (Lipinski definition) is 2. The average Bonchev–Trinajstić information content (AvgIpc) is 3.56. The lowest BCUT2D eigenvalue weighted by atomic mass is 10.0. The number of aryl methyl sites for hydroxylation is 1. The Morgan fingerprint density at radius 2 is 1.65 bits per heavy atom. The molecule has 1 aliphatic rings. The Kier molecular flexibility index (Phi) is 7.52. The summed E-state index contributed by atoms with van der Waals surface area (Å²) in [6.45, 7) is 9.05. The quantitative estimate of drug-likeness (QED) is 0.442. The number of anilines is 1. The maximum Gasteiger partial charge on any atom is 0.408 e. The number of hydrogen-bond acceptors (Lipinski definition) is 4. The standard InChI is InChI=1S/C30H35N3O4/c1-19-10-12-22(13-11-19)27(28(35)32-24-15-14-21-8-6-7-9-23(21)17-24)33(25-16-20(25)2)26(34)18-31-29(36)37-30(3,4)5/h6-15,17,20,25,27H,16,18H2,1-5H3,(H,31,36)(H,32,35). The molecule has 0 bridgehead atoms. The smallest absolute Gasteiger partial charge is 0.408 e. The van der Waals surface area contributed by atoms with Gasteiger partial charge >= 0.3 is 6.09 Å². The van der Waals surface area contributed by atoms with Crippen molar-refractivity contribution in [2.75, 3.05) is 11.9 Å². The predicted molar refractivity (Wildman–Crippen MR) is 145 cm³/mol. The van der Waals surface area contributed by atoms with E-state index in [2.05, 4.69) is 17.6 Å². The Labute approximate surface area is 218 Å². The number of benzene rings is 3. The van der Waals surface area contributed by atoms with E-state index in [1.807, 2.05) is 73.7 Å². The van der Waals surface area contributed by atoms with Crippen LogP contribution in [0.15, 0.2) is 66.7 Å². The van der Waals surface area contributed by atoms with Crippen LogP contribution in [-0.2, 0) is 14.3 Å². The summed E-state index contributed by atoms with van der Waals surface area (Å²) in [4.78, 5) is 41.2. The molecule has 3 amide bonds. The first-order valence-corrected chi connectivity index (χ1v) is 12.7. The summed E-state index contributed by atoms with van der Waals surface area (Å²) in [5, 5.41) is 7.68. The van der Waals surface area contributed by atoms with Crippen molar-refractivity contribution in [2.45, 2.75) is 58.7 Å². The van der Waals surface area contributed by atoms with Gasteiger partial charge in [-0.05, 0) is 68.5 Å². The minimum Gasteiger partial charge on any atom is -0.444 e. The monoisotopic (exact) mass is 501 g/mol. The first kappa shape index (κ1) is 26.2. The van der Waals surface area contributed by atoms with Crippen LogP contribution in [0.25, 0.3) is 10.8 Å². The van der Waals surface area contributed by atoms with Crippen LogP contribution in [0.4, 0.5) is 10.5 Å². The number of carbonyl (C=O) groups excluding carboxylic acids is 3. The molecule has 2 N–H and O–H groups in total. The summed E-state index contributed by atoms with van der Waals surface area (Å²) in [7, 11) is 0. The molecular formula is C30H35N3O4. The van der Waals surface area contributed by atoms with Crippen LogP contribution in [0.3, 0.4) is 0 Å². The third-order valence-electron chi connectivity index (χ3n) is 6.43. The molecular weight excluding hydrogens is 466 g/mol. The minimum absolute atomic E-state index is 0.0957. The summed E-state index contributed by atoms with van der Waals surface area (Å²) < 4.78 is 5.28. The molecule has 0 aromatic heterocycles. The van der Waals surface area contributed by atoms with E-state index in [1.54, 1.807) is 25.7 Å². The fraction of sp³-hybridized carbons (Fsp3) is 0.367. The second kappa shape index (κ2) is 10.6. The summed E-state index contributed by atoms with van der Waals surface area (Å²) in [5.74, 6) is -0.379. The van der Waals surface area contributed by atoms with Crippen LogP contribution in [0.2, 0.25) is 0 Å². The van der Waals surface area contributed by atoms with E-state index in [4.69, 9.17) is 4.74 Å². The molecule has 0 saturated heterocycles. The highest BCUT2D eigenvalue weighted by Gasteiger charge is 2.46. The van der Waals surface area contributed by atoms with Crippen molar-refractivity contribution >= 4 is 34.4 Å². The molecule has 3 aromatic carbocycles. The van der Waals surface area contributed by atoms with Crippen LogP contribution in [0.5, 0.6) is 0 Å². The molecule has 1 saturated carbocycles. The molecule has 0 radical (unpaired) electrons. The van der Waals surface area contributed by atoms with Gasteiger partial charge in [0.1, 0.15) is 18.2 Å². The highest BCUT2D eigenvalue weighted by atomic mass is 16.6. The summed E-state index contributed by atoms with van der Waals surface area (Å²) in [6, 6.07) is 20.4. The Morgan fingerprint density at radius 1 is 1.00 bits per heavy atom. The maximum atomic E-state index is 13.8. The van der Waals surface area contributed by atoms with Crippen LogP contribution in [-0.4, -0.2) is 41.0 Å². The molecule has 194 valence electrons. The van der Waals surface area contributed by atoms with Crippen LogP contribution in [0, 0.1) is 12.8 Å².